The van der Waals surface area contributed by atoms with E-state index in [9.17, 15) is 14.4 Å². The maximum absolute atomic E-state index is 12.6. The van der Waals surface area contributed by atoms with Crippen LogP contribution in [0.25, 0.3) is 11.0 Å². The molecule has 1 amide bonds. The minimum Gasteiger partial charge on any atom is -0.444 e. The largest absolute Gasteiger partial charge is 0.444 e. The average molecular weight is 389 g/mol. The summed E-state index contributed by atoms with van der Waals surface area (Å²) in [7, 11) is 0. The number of esters is 1. The van der Waals surface area contributed by atoms with Gasteiger partial charge in [0.1, 0.15) is 23.0 Å². The number of carbonyl (C=O) groups excluding carboxylic acids is 2. The number of carbonyl (C=O) groups is 2. The predicted octanol–water partition coefficient (Wildman–Crippen LogP) is 3.81. The van der Waals surface area contributed by atoms with E-state index in [0.717, 1.165) is 10.9 Å². The summed E-state index contributed by atoms with van der Waals surface area (Å²) < 4.78 is 15.8. The van der Waals surface area contributed by atoms with Crippen LogP contribution in [0.15, 0.2) is 33.5 Å². The number of fused-ring (bicyclic) bond motifs is 1. The first kappa shape index (κ1) is 21.5. The summed E-state index contributed by atoms with van der Waals surface area (Å²) in [6, 6.07) is 5.43. The van der Waals surface area contributed by atoms with E-state index in [1.807, 2.05) is 6.92 Å². The Morgan fingerprint density at radius 3 is 2.43 bits per heavy atom. The lowest BCUT2D eigenvalue weighted by Gasteiger charge is -2.24. The number of nitrogens with one attached hydrogen (secondary N) is 1. The van der Waals surface area contributed by atoms with Crippen LogP contribution in [-0.2, 0) is 16.0 Å². The summed E-state index contributed by atoms with van der Waals surface area (Å²) in [4.78, 5) is 36.3. The van der Waals surface area contributed by atoms with E-state index >= 15 is 0 Å². The molecule has 0 saturated carbocycles. The van der Waals surface area contributed by atoms with Crippen LogP contribution < -0.4 is 15.7 Å². The fraction of sp³-hybridized carbons (Fsp3) is 0.476. The highest BCUT2D eigenvalue weighted by Gasteiger charge is 2.28. The highest BCUT2D eigenvalue weighted by Crippen LogP contribution is 2.23. The van der Waals surface area contributed by atoms with Crippen molar-refractivity contribution in [3.8, 4) is 5.75 Å². The van der Waals surface area contributed by atoms with Crippen LogP contribution in [0.1, 0.15) is 47.1 Å². The maximum Gasteiger partial charge on any atom is 0.408 e. The van der Waals surface area contributed by atoms with Gasteiger partial charge >= 0.3 is 17.7 Å². The molecule has 152 valence electrons. The van der Waals surface area contributed by atoms with Crippen molar-refractivity contribution >= 4 is 23.0 Å². The summed E-state index contributed by atoms with van der Waals surface area (Å²) in [5.74, 6) is -0.621. The second-order valence-corrected chi connectivity index (χ2v) is 7.89. The fourth-order valence-electron chi connectivity index (χ4n) is 2.68. The van der Waals surface area contributed by atoms with Crippen molar-refractivity contribution in [1.82, 2.24) is 5.32 Å². The molecule has 1 N–H and O–H groups in total. The number of benzene rings is 1. The highest BCUT2D eigenvalue weighted by atomic mass is 16.6. The molecule has 28 heavy (non-hydrogen) atoms. The Labute approximate surface area is 164 Å². The normalized spacial score (nSPS) is 12.7. The number of hydrogen-bond donors (Lipinski definition) is 1. The molecule has 7 heteroatoms. The van der Waals surface area contributed by atoms with E-state index in [1.165, 1.54) is 12.1 Å². The van der Waals surface area contributed by atoms with Gasteiger partial charge in [-0.15, -0.1) is 0 Å². The minimum absolute atomic E-state index is 0.217. The number of aryl methyl sites for hydroxylation is 1. The van der Waals surface area contributed by atoms with Crippen molar-refractivity contribution in [2.75, 3.05) is 0 Å². The zero-order chi connectivity index (χ0) is 21.1. The van der Waals surface area contributed by atoms with Crippen molar-refractivity contribution in [3.63, 3.8) is 0 Å². The smallest absolute Gasteiger partial charge is 0.408 e. The lowest BCUT2D eigenvalue weighted by Crippen LogP contribution is -2.48. The van der Waals surface area contributed by atoms with Crippen LogP contribution in [0.3, 0.4) is 0 Å². The van der Waals surface area contributed by atoms with Gasteiger partial charge in [-0.05, 0) is 50.8 Å². The van der Waals surface area contributed by atoms with Crippen LogP contribution in [0.4, 0.5) is 4.79 Å². The molecule has 1 aromatic carbocycles. The van der Waals surface area contributed by atoms with Crippen molar-refractivity contribution in [3.05, 3.63) is 40.2 Å². The minimum atomic E-state index is -0.889. The topological polar surface area (TPSA) is 94.8 Å². The van der Waals surface area contributed by atoms with Crippen molar-refractivity contribution in [2.24, 2.45) is 5.92 Å². The Morgan fingerprint density at radius 1 is 1.18 bits per heavy atom. The van der Waals surface area contributed by atoms with Gasteiger partial charge in [0.2, 0.25) is 0 Å². The zero-order valence-electron chi connectivity index (χ0n) is 17.1. The Bertz CT molecular complexity index is 923. The van der Waals surface area contributed by atoms with Gasteiger partial charge in [-0.3, -0.25) is 0 Å². The van der Waals surface area contributed by atoms with Gasteiger partial charge in [-0.1, -0.05) is 20.8 Å². The van der Waals surface area contributed by atoms with Crippen LogP contribution in [0.5, 0.6) is 5.75 Å². The second kappa shape index (κ2) is 8.46. The first-order valence-corrected chi connectivity index (χ1v) is 9.28. The molecule has 0 radical (unpaired) electrons. The van der Waals surface area contributed by atoms with Crippen molar-refractivity contribution in [2.45, 2.75) is 59.6 Å². The maximum atomic E-state index is 12.6. The first-order valence-electron chi connectivity index (χ1n) is 9.28. The Morgan fingerprint density at radius 2 is 1.86 bits per heavy atom. The number of alkyl carbamates (subject to hydrolysis) is 1. The van der Waals surface area contributed by atoms with Crippen LogP contribution in [0, 0.1) is 5.92 Å². The third-order valence-electron chi connectivity index (χ3n) is 3.99. The molecular formula is C21H27NO6. The molecule has 0 aliphatic rings. The van der Waals surface area contributed by atoms with Gasteiger partial charge < -0.3 is 19.2 Å². The molecule has 0 aliphatic carbocycles. The summed E-state index contributed by atoms with van der Waals surface area (Å²) in [6.45, 7) is 10.7. The molecule has 7 nitrogen and oxygen atoms in total. The highest BCUT2D eigenvalue weighted by molar-refractivity contribution is 5.85. The molecular weight excluding hydrogens is 362 g/mol. The molecule has 1 aromatic heterocycles. The standard InChI is InChI=1S/C21H27NO6/c1-7-13-10-17(23)27-16-11-14(8-9-15(13)16)26-19(24)18(12(2)3)22-20(25)28-21(4,5)6/h8-12,18H,7H2,1-6H3,(H,22,25). The van der Waals surface area contributed by atoms with Crippen molar-refractivity contribution in [1.29, 1.82) is 0 Å². The molecule has 0 fully saturated rings. The number of amides is 1. The molecule has 0 saturated heterocycles. The zero-order valence-corrected chi connectivity index (χ0v) is 17.1. The van der Waals surface area contributed by atoms with E-state index in [0.29, 0.717) is 12.0 Å². The second-order valence-electron chi connectivity index (χ2n) is 7.89. The third kappa shape index (κ3) is 5.58. The Kier molecular flexibility index (Phi) is 6.48. The SMILES string of the molecule is CCc1cc(=O)oc2cc(OC(=O)C(NC(=O)OC(C)(C)C)C(C)C)ccc12. The summed E-state index contributed by atoms with van der Waals surface area (Å²) in [5, 5.41) is 3.33. The number of ether oxygens (including phenoxy) is 2. The van der Waals surface area contributed by atoms with Crippen LogP contribution in [-0.4, -0.2) is 23.7 Å². The van der Waals surface area contributed by atoms with Gasteiger partial charge in [0.25, 0.3) is 0 Å². The fourth-order valence-corrected chi connectivity index (χ4v) is 2.68. The van der Waals surface area contributed by atoms with E-state index in [1.54, 1.807) is 46.8 Å². The third-order valence-corrected chi connectivity index (χ3v) is 3.99. The van der Waals surface area contributed by atoms with Gasteiger partial charge in [0.05, 0.1) is 0 Å². The van der Waals surface area contributed by atoms with E-state index in [-0.39, 0.29) is 11.7 Å². The molecule has 1 unspecified atom stereocenters. The first-order chi connectivity index (χ1) is 13.0. The van der Waals surface area contributed by atoms with Gasteiger partial charge in [0.15, 0.2) is 0 Å². The molecule has 2 rings (SSSR count). The van der Waals surface area contributed by atoms with Gasteiger partial charge in [-0.25, -0.2) is 14.4 Å². The molecule has 1 heterocycles. The van der Waals surface area contributed by atoms with Gasteiger partial charge in [0, 0.05) is 17.5 Å². The van der Waals surface area contributed by atoms with Crippen LogP contribution in [0.2, 0.25) is 0 Å². The lowest BCUT2D eigenvalue weighted by molar-refractivity contribution is -0.137. The molecule has 2 aromatic rings. The Hall–Kier alpha value is -2.83. The predicted molar refractivity (Wildman–Crippen MR) is 105 cm³/mol. The van der Waals surface area contributed by atoms with E-state index in [2.05, 4.69) is 5.32 Å². The van der Waals surface area contributed by atoms with E-state index in [4.69, 9.17) is 13.9 Å². The summed E-state index contributed by atoms with van der Waals surface area (Å²) in [6.07, 6.45) is -0.0172. The monoisotopic (exact) mass is 389 g/mol. The molecule has 1 atom stereocenters. The molecule has 0 bridgehead atoms. The number of rotatable bonds is 5. The van der Waals surface area contributed by atoms with Crippen molar-refractivity contribution < 1.29 is 23.5 Å². The molecule has 0 aliphatic heterocycles. The lowest BCUT2D eigenvalue weighted by atomic mass is 10.0. The molecule has 0 spiro atoms. The number of hydrogen-bond acceptors (Lipinski definition) is 6. The average Bonchev–Trinajstić information content (AvgIpc) is 2.56. The Balaban J connectivity index is 2.21. The van der Waals surface area contributed by atoms with E-state index < -0.39 is 29.3 Å². The summed E-state index contributed by atoms with van der Waals surface area (Å²) >= 11 is 0. The summed E-state index contributed by atoms with van der Waals surface area (Å²) in [5.41, 5.74) is 0.0636. The van der Waals surface area contributed by atoms with Gasteiger partial charge in [-0.2, -0.15) is 0 Å². The van der Waals surface area contributed by atoms with Crippen LogP contribution >= 0.6 is 0 Å². The quantitative estimate of drug-likeness (QED) is 0.475.